The second-order valence-corrected chi connectivity index (χ2v) is 18.1. The highest BCUT2D eigenvalue weighted by Gasteiger charge is 2.30. The number of esters is 4. The van der Waals surface area contributed by atoms with Crippen LogP contribution in [0.25, 0.3) is 10.2 Å². The van der Waals surface area contributed by atoms with E-state index in [9.17, 15) is 19.2 Å². The van der Waals surface area contributed by atoms with E-state index < -0.39 is 11.9 Å². The molecule has 0 N–H and O–H groups in total. The predicted octanol–water partition coefficient (Wildman–Crippen LogP) is 8.94. The molecule has 0 bridgehead atoms. The molecule has 16 nitrogen and oxygen atoms in total. The maximum Gasteiger partial charge on any atom is 0.330 e. The Morgan fingerprint density at radius 3 is 1.96 bits per heavy atom. The zero-order valence-corrected chi connectivity index (χ0v) is 40.8. The summed E-state index contributed by atoms with van der Waals surface area (Å²) < 4.78 is 51.8. The van der Waals surface area contributed by atoms with Crippen LogP contribution in [-0.4, -0.2) is 108 Å². The molecule has 2 aliphatic rings. The topological polar surface area (TPSA) is 180 Å². The lowest BCUT2D eigenvalue weighted by Crippen LogP contribution is -2.27. The van der Waals surface area contributed by atoms with Gasteiger partial charge in [0, 0.05) is 37.7 Å². The minimum Gasteiger partial charge on any atom is -0.493 e. The number of nitrogens with zero attached hydrogens (tertiary/aromatic N) is 3. The number of methoxy groups -OCH3 is 1. The number of thiazole rings is 1. The first kappa shape index (κ1) is 53.1. The SMILES string of the molecule is C=CC(=O)OCCCOC(=O)C1CCC(COc2ccc(OCC3CCC(C(=O)Oc4ccc(OCCCOC(=O)C=C)cc4)CC3)c(/C=N/N(CCOCCOC)c3nc4ccccc4s3)c2)CC1. The number of fused-ring (bicyclic) bond motifs is 1. The number of hydrazone groups is 1. The van der Waals surface area contributed by atoms with Gasteiger partial charge >= 0.3 is 23.9 Å². The average molecular weight is 984 g/mol. The van der Waals surface area contributed by atoms with Gasteiger partial charge in [0.05, 0.1) is 94.3 Å². The van der Waals surface area contributed by atoms with Crippen molar-refractivity contribution in [1.29, 1.82) is 0 Å². The number of ether oxygens (including phenoxy) is 9. The zero-order chi connectivity index (χ0) is 49.3. The van der Waals surface area contributed by atoms with E-state index in [-0.39, 0.29) is 55.4 Å². The number of para-hydroxylation sites is 1. The molecular formula is C53H65N3O13S. The van der Waals surface area contributed by atoms with Crippen LogP contribution < -0.4 is 24.0 Å². The number of aromatic nitrogens is 1. The van der Waals surface area contributed by atoms with Crippen molar-refractivity contribution in [3.63, 3.8) is 0 Å². The Bertz CT molecular complexity index is 2290. The second-order valence-electron chi connectivity index (χ2n) is 17.1. The average Bonchev–Trinajstić information content (AvgIpc) is 3.83. The van der Waals surface area contributed by atoms with Crippen LogP contribution in [0.1, 0.15) is 69.8 Å². The number of hydrogen-bond acceptors (Lipinski definition) is 17. The Morgan fingerprint density at radius 1 is 0.671 bits per heavy atom. The minimum absolute atomic E-state index is 0.162. The van der Waals surface area contributed by atoms with Crippen molar-refractivity contribution in [1.82, 2.24) is 4.98 Å². The van der Waals surface area contributed by atoms with E-state index in [0.29, 0.717) is 108 Å². The first-order chi connectivity index (χ1) is 34.2. The molecule has 2 saturated carbocycles. The third-order valence-corrected chi connectivity index (χ3v) is 13.0. The van der Waals surface area contributed by atoms with Gasteiger partial charge in [-0.1, -0.05) is 36.6 Å². The van der Waals surface area contributed by atoms with E-state index in [1.165, 1.54) is 0 Å². The fourth-order valence-corrected chi connectivity index (χ4v) is 8.92. The molecule has 0 saturated heterocycles. The summed E-state index contributed by atoms with van der Waals surface area (Å²) in [6.45, 7) is 10.5. The first-order valence-electron chi connectivity index (χ1n) is 24.0. The van der Waals surface area contributed by atoms with Gasteiger partial charge in [0.1, 0.15) is 23.0 Å². The molecule has 0 aliphatic heterocycles. The summed E-state index contributed by atoms with van der Waals surface area (Å²) in [5.41, 5.74) is 1.62. The summed E-state index contributed by atoms with van der Waals surface area (Å²) in [4.78, 5) is 53.2. The van der Waals surface area contributed by atoms with Gasteiger partial charge in [-0.25, -0.2) is 19.6 Å². The maximum atomic E-state index is 13.2. The lowest BCUT2D eigenvalue weighted by Gasteiger charge is -2.28. The van der Waals surface area contributed by atoms with Crippen molar-refractivity contribution in [2.75, 3.05) is 78.1 Å². The predicted molar refractivity (Wildman–Crippen MR) is 266 cm³/mol. The number of benzene rings is 3. The van der Waals surface area contributed by atoms with Gasteiger partial charge in [-0.15, -0.1) is 0 Å². The van der Waals surface area contributed by atoms with E-state index in [4.69, 9.17) is 52.7 Å². The van der Waals surface area contributed by atoms with Crippen LogP contribution in [-0.2, 0) is 42.9 Å². The van der Waals surface area contributed by atoms with Gasteiger partial charge in [0.25, 0.3) is 0 Å². The van der Waals surface area contributed by atoms with Crippen molar-refractivity contribution in [2.45, 2.75) is 64.2 Å². The smallest absolute Gasteiger partial charge is 0.330 e. The quantitative estimate of drug-likeness (QED) is 0.00956. The highest BCUT2D eigenvalue weighted by atomic mass is 32.1. The van der Waals surface area contributed by atoms with Crippen molar-refractivity contribution < 1.29 is 61.8 Å². The van der Waals surface area contributed by atoms with Crippen LogP contribution >= 0.6 is 11.3 Å². The molecule has 2 aliphatic carbocycles. The fourth-order valence-electron chi connectivity index (χ4n) is 7.97. The van der Waals surface area contributed by atoms with Crippen molar-refractivity contribution in [3.05, 3.63) is 97.6 Å². The summed E-state index contributed by atoms with van der Waals surface area (Å²) in [5.74, 6) is 1.11. The number of anilines is 1. The van der Waals surface area contributed by atoms with Crippen LogP contribution in [0.3, 0.4) is 0 Å². The van der Waals surface area contributed by atoms with Gasteiger partial charge < -0.3 is 42.6 Å². The number of rotatable bonds is 29. The minimum atomic E-state index is -0.496. The van der Waals surface area contributed by atoms with E-state index >= 15 is 0 Å². The molecule has 376 valence electrons. The van der Waals surface area contributed by atoms with Gasteiger partial charge in [-0.2, -0.15) is 5.10 Å². The highest BCUT2D eigenvalue weighted by Crippen LogP contribution is 2.34. The molecule has 0 amide bonds. The Kier molecular flexibility index (Phi) is 22.0. The van der Waals surface area contributed by atoms with E-state index in [1.54, 1.807) is 48.9 Å². The summed E-state index contributed by atoms with van der Waals surface area (Å²) in [6.07, 6.45) is 11.1. The monoisotopic (exact) mass is 983 g/mol. The summed E-state index contributed by atoms with van der Waals surface area (Å²) in [6, 6.07) is 20.7. The molecular weight excluding hydrogens is 919 g/mol. The summed E-state index contributed by atoms with van der Waals surface area (Å²) in [5, 5.41) is 7.52. The number of hydrogen-bond donors (Lipinski definition) is 0. The lowest BCUT2D eigenvalue weighted by molar-refractivity contribution is -0.150. The normalized spacial score (nSPS) is 17.8. The molecule has 17 heteroatoms. The summed E-state index contributed by atoms with van der Waals surface area (Å²) in [7, 11) is 1.64. The molecule has 6 rings (SSSR count). The lowest BCUT2D eigenvalue weighted by atomic mass is 9.82. The Morgan fingerprint density at radius 2 is 1.29 bits per heavy atom. The first-order valence-corrected chi connectivity index (χ1v) is 24.9. The van der Waals surface area contributed by atoms with Gasteiger partial charge in [-0.05, 0) is 118 Å². The molecule has 1 heterocycles. The maximum absolute atomic E-state index is 13.2. The van der Waals surface area contributed by atoms with E-state index in [1.807, 2.05) is 47.5 Å². The van der Waals surface area contributed by atoms with Gasteiger partial charge in [-0.3, -0.25) is 9.59 Å². The molecule has 0 radical (unpaired) electrons. The Hall–Kier alpha value is -6.30. The Balaban J connectivity index is 1.04. The zero-order valence-electron chi connectivity index (χ0n) is 40.0. The van der Waals surface area contributed by atoms with Crippen LogP contribution in [0.5, 0.6) is 23.0 Å². The van der Waals surface area contributed by atoms with Crippen LogP contribution in [0.4, 0.5) is 5.13 Å². The molecule has 0 unspecified atom stereocenters. The third kappa shape index (κ3) is 17.6. The van der Waals surface area contributed by atoms with E-state index in [2.05, 4.69) is 13.2 Å². The largest absolute Gasteiger partial charge is 0.493 e. The van der Waals surface area contributed by atoms with Crippen LogP contribution in [0, 0.1) is 23.7 Å². The molecule has 1 aromatic heterocycles. The fraction of sp³-hybridized carbons (Fsp3) is 0.472. The van der Waals surface area contributed by atoms with Gasteiger partial charge in [0.2, 0.25) is 5.13 Å². The Labute approximate surface area is 413 Å². The second kappa shape index (κ2) is 29.0. The molecule has 2 fully saturated rings. The van der Waals surface area contributed by atoms with Crippen molar-refractivity contribution >= 4 is 56.8 Å². The van der Waals surface area contributed by atoms with Gasteiger partial charge in [0.15, 0.2) is 0 Å². The van der Waals surface area contributed by atoms with Crippen LogP contribution in [0.15, 0.2) is 97.1 Å². The molecule has 3 aromatic carbocycles. The summed E-state index contributed by atoms with van der Waals surface area (Å²) >= 11 is 1.55. The third-order valence-electron chi connectivity index (χ3n) is 12.0. The molecule has 0 atom stereocenters. The number of carbonyl (C=O) groups excluding carboxylic acids is 4. The van der Waals surface area contributed by atoms with E-state index in [0.717, 1.165) is 58.7 Å². The molecule has 0 spiro atoms. The number of carbonyl (C=O) groups is 4. The molecule has 70 heavy (non-hydrogen) atoms. The standard InChI is InChI=1S/C53H65N3O13S/c1-4-49(57)64-28-8-27-63-43-20-22-44(23-21-43)69-52(60)41-18-14-39(15-19-41)37-68-47-25-24-45(67-36-38-12-16-40(17-13-38)51(59)66-30-9-29-65-50(58)5-2)34-42(47)35-54-56(26-31-62-33-32-61-3)53-55-46-10-6-7-11-48(46)70-53/h4-7,10-11,20-25,34-35,38-41H,1-2,8-9,12-19,26-33,36-37H2,3H3/b54-35+. The van der Waals surface area contributed by atoms with Crippen LogP contribution in [0.2, 0.25) is 0 Å². The van der Waals surface area contributed by atoms with Crippen molar-refractivity contribution in [2.24, 2.45) is 28.8 Å². The highest BCUT2D eigenvalue weighted by molar-refractivity contribution is 7.22. The van der Waals surface area contributed by atoms with Crippen molar-refractivity contribution in [3.8, 4) is 23.0 Å². The molecule has 4 aromatic rings.